The van der Waals surface area contributed by atoms with Gasteiger partial charge in [0.2, 0.25) is 0 Å². The van der Waals surface area contributed by atoms with Crippen molar-refractivity contribution >= 4 is 51.8 Å². The molecule has 4 aromatic rings. The van der Waals surface area contributed by atoms with E-state index in [0.29, 0.717) is 33.7 Å². The molecule has 2 aromatic carbocycles. The number of hydrogen-bond acceptors (Lipinski definition) is 5. The van der Waals surface area contributed by atoms with Crippen molar-refractivity contribution in [3.05, 3.63) is 99.1 Å². The van der Waals surface area contributed by atoms with Crippen LogP contribution in [0.15, 0.2) is 65.0 Å². The lowest BCUT2D eigenvalue weighted by atomic mass is 10.1. The predicted molar refractivity (Wildman–Crippen MR) is 138 cm³/mol. The van der Waals surface area contributed by atoms with Gasteiger partial charge in [0.05, 0.1) is 16.6 Å². The van der Waals surface area contributed by atoms with Crippen molar-refractivity contribution in [2.45, 2.75) is 20.8 Å². The summed E-state index contributed by atoms with van der Waals surface area (Å²) < 4.78 is 17.6. The number of aromatic nitrogens is 3. The Kier molecular flexibility index (Phi) is 5.60. The Balaban J connectivity index is 1.64. The number of nitrogens with one attached hydrogen (secondary N) is 1. The van der Waals surface area contributed by atoms with Crippen LogP contribution in [0.3, 0.4) is 0 Å². The molecule has 0 aliphatic carbocycles. The Morgan fingerprint density at radius 2 is 1.67 bits per heavy atom. The second kappa shape index (κ2) is 8.65. The summed E-state index contributed by atoms with van der Waals surface area (Å²) in [5.41, 5.74) is 1.89. The Labute approximate surface area is 210 Å². The molecule has 10 heteroatoms. The van der Waals surface area contributed by atoms with E-state index in [4.69, 9.17) is 12.2 Å². The molecular formula is C26H20FN5O3S. The van der Waals surface area contributed by atoms with Crippen LogP contribution in [0.5, 0.6) is 0 Å². The van der Waals surface area contributed by atoms with E-state index >= 15 is 0 Å². The largest absolute Gasteiger partial charge is 0.298 e. The third-order valence-corrected chi connectivity index (χ3v) is 6.33. The fraction of sp³-hybridized carbons (Fsp3) is 0.115. The molecule has 1 saturated heterocycles. The fourth-order valence-electron chi connectivity index (χ4n) is 4.37. The van der Waals surface area contributed by atoms with Crippen molar-refractivity contribution in [3.8, 4) is 0 Å². The van der Waals surface area contributed by atoms with E-state index in [1.807, 2.05) is 6.07 Å². The number of thiocarbonyl (C=S) groups is 1. The van der Waals surface area contributed by atoms with Gasteiger partial charge in [0.25, 0.3) is 17.4 Å². The van der Waals surface area contributed by atoms with Crippen molar-refractivity contribution in [2.24, 2.45) is 0 Å². The summed E-state index contributed by atoms with van der Waals surface area (Å²) in [4.78, 5) is 44.9. The predicted octanol–water partition coefficient (Wildman–Crippen LogP) is 3.41. The first-order valence-electron chi connectivity index (χ1n) is 11.0. The molecule has 0 unspecified atom stereocenters. The fourth-order valence-corrected chi connectivity index (χ4v) is 4.64. The van der Waals surface area contributed by atoms with Gasteiger partial charge in [-0.25, -0.2) is 14.3 Å². The van der Waals surface area contributed by atoms with Gasteiger partial charge in [-0.15, -0.1) is 0 Å². The highest BCUT2D eigenvalue weighted by molar-refractivity contribution is 7.80. The molecule has 2 aromatic heterocycles. The highest BCUT2D eigenvalue weighted by Gasteiger charge is 2.36. The molecule has 8 nitrogen and oxygen atoms in total. The molecule has 0 saturated carbocycles. The number of carbonyl (C=O) groups is 2. The Hall–Kier alpha value is -4.44. The van der Waals surface area contributed by atoms with Gasteiger partial charge < -0.3 is 0 Å². The zero-order valence-corrected chi connectivity index (χ0v) is 20.4. The lowest BCUT2D eigenvalue weighted by Gasteiger charge is -2.29. The van der Waals surface area contributed by atoms with Crippen molar-refractivity contribution in [3.63, 3.8) is 0 Å². The summed E-state index contributed by atoms with van der Waals surface area (Å²) in [6.07, 6.45) is 1.42. The lowest BCUT2D eigenvalue weighted by molar-refractivity contribution is -0.122. The topological polar surface area (TPSA) is 89.2 Å². The highest BCUT2D eigenvalue weighted by atomic mass is 32.1. The molecule has 1 N–H and O–H groups in total. The number of aryl methyl sites for hydroxylation is 2. The SMILES string of the molecule is Cc1cc(C=C2C(=O)NC(=S)N(c3ccccc3F)C2=O)c(C)n1-n1c(C)nc2ccccc2c1=O. The van der Waals surface area contributed by atoms with Crippen LogP contribution in [0.1, 0.15) is 22.8 Å². The maximum Gasteiger partial charge on any atom is 0.280 e. The molecule has 0 radical (unpaired) electrons. The first-order valence-corrected chi connectivity index (χ1v) is 11.4. The zero-order chi connectivity index (χ0) is 25.7. The van der Waals surface area contributed by atoms with Gasteiger partial charge in [0.15, 0.2) is 5.11 Å². The van der Waals surface area contributed by atoms with Gasteiger partial charge in [-0.1, -0.05) is 24.3 Å². The maximum atomic E-state index is 14.4. The molecule has 1 fully saturated rings. The summed E-state index contributed by atoms with van der Waals surface area (Å²) in [5, 5.41) is 2.72. The molecule has 180 valence electrons. The number of amides is 2. The quantitative estimate of drug-likeness (QED) is 0.264. The Morgan fingerprint density at radius 3 is 2.42 bits per heavy atom. The first kappa shape index (κ1) is 23.3. The third-order valence-electron chi connectivity index (χ3n) is 6.04. The average Bonchev–Trinajstić information content (AvgIpc) is 3.10. The number of nitrogens with zero attached hydrogens (tertiary/aromatic N) is 4. The molecule has 5 rings (SSSR count). The number of fused-ring (bicyclic) bond motifs is 1. The molecule has 36 heavy (non-hydrogen) atoms. The number of carbonyl (C=O) groups excluding carboxylic acids is 2. The molecule has 2 amide bonds. The van der Waals surface area contributed by atoms with Crippen LogP contribution < -0.4 is 15.8 Å². The molecule has 1 aliphatic rings. The minimum atomic E-state index is -0.751. The maximum absolute atomic E-state index is 14.4. The number of para-hydroxylation sites is 2. The summed E-state index contributed by atoms with van der Waals surface area (Å²) in [7, 11) is 0. The van der Waals surface area contributed by atoms with Crippen LogP contribution >= 0.6 is 12.2 Å². The van der Waals surface area contributed by atoms with E-state index in [-0.39, 0.29) is 21.9 Å². The lowest BCUT2D eigenvalue weighted by Crippen LogP contribution is -2.54. The van der Waals surface area contributed by atoms with Crippen LogP contribution in [0.25, 0.3) is 17.0 Å². The average molecular weight is 502 g/mol. The van der Waals surface area contributed by atoms with Crippen molar-refractivity contribution in [1.29, 1.82) is 0 Å². The van der Waals surface area contributed by atoms with Crippen LogP contribution in [-0.4, -0.2) is 31.3 Å². The summed E-state index contributed by atoms with van der Waals surface area (Å²) in [6.45, 7) is 5.31. The first-order chi connectivity index (χ1) is 17.2. The minimum absolute atomic E-state index is 0.0618. The number of benzene rings is 2. The summed E-state index contributed by atoms with van der Waals surface area (Å²) in [6, 6.07) is 14.5. The summed E-state index contributed by atoms with van der Waals surface area (Å²) >= 11 is 5.15. The smallest absolute Gasteiger partial charge is 0.280 e. The number of anilines is 1. The van der Waals surface area contributed by atoms with Gasteiger partial charge >= 0.3 is 0 Å². The van der Waals surface area contributed by atoms with Crippen molar-refractivity contribution < 1.29 is 14.0 Å². The van der Waals surface area contributed by atoms with Gasteiger partial charge in [-0.2, -0.15) is 4.68 Å². The van der Waals surface area contributed by atoms with Gasteiger partial charge in [-0.05, 0) is 75.0 Å². The van der Waals surface area contributed by atoms with Crippen LogP contribution in [0.2, 0.25) is 0 Å². The van der Waals surface area contributed by atoms with Crippen LogP contribution in [0.4, 0.5) is 10.1 Å². The summed E-state index contributed by atoms with van der Waals surface area (Å²) in [5.74, 6) is -1.62. The van der Waals surface area contributed by atoms with E-state index in [2.05, 4.69) is 10.3 Å². The van der Waals surface area contributed by atoms with E-state index < -0.39 is 17.6 Å². The van der Waals surface area contributed by atoms with Crippen LogP contribution in [0, 0.1) is 26.6 Å². The van der Waals surface area contributed by atoms with Gasteiger partial charge in [-0.3, -0.25) is 24.4 Å². The highest BCUT2D eigenvalue weighted by Crippen LogP contribution is 2.26. The molecule has 0 spiro atoms. The third kappa shape index (κ3) is 3.62. The van der Waals surface area contributed by atoms with Crippen molar-refractivity contribution in [1.82, 2.24) is 19.7 Å². The second-order valence-electron chi connectivity index (χ2n) is 8.34. The zero-order valence-electron chi connectivity index (χ0n) is 19.6. The normalized spacial score (nSPS) is 15.2. The molecular weight excluding hydrogens is 481 g/mol. The van der Waals surface area contributed by atoms with E-state index in [1.165, 1.54) is 29.0 Å². The second-order valence-corrected chi connectivity index (χ2v) is 8.73. The standard InChI is InChI=1S/C26H20FN5O3S/c1-14-12-17(15(2)31(14)32-16(3)28-21-10-6-4-8-18(21)25(32)35)13-19-23(33)29-26(36)30(24(19)34)22-11-7-5-9-20(22)27/h4-13H,1-3H3,(H,29,33,36). The number of rotatable bonds is 3. The van der Waals surface area contributed by atoms with Crippen LogP contribution in [-0.2, 0) is 9.59 Å². The van der Waals surface area contributed by atoms with E-state index in [1.54, 1.807) is 55.8 Å². The van der Waals surface area contributed by atoms with Gasteiger partial charge in [0.1, 0.15) is 17.2 Å². The number of hydrogen-bond donors (Lipinski definition) is 1. The molecule has 0 bridgehead atoms. The Morgan fingerprint density at radius 1 is 0.972 bits per heavy atom. The molecule has 1 aliphatic heterocycles. The van der Waals surface area contributed by atoms with Gasteiger partial charge in [0, 0.05) is 11.4 Å². The van der Waals surface area contributed by atoms with E-state index in [0.717, 1.165) is 4.90 Å². The van der Waals surface area contributed by atoms with Crippen molar-refractivity contribution in [2.75, 3.05) is 4.90 Å². The minimum Gasteiger partial charge on any atom is -0.298 e. The number of halogens is 1. The Bertz CT molecular complexity index is 1700. The van der Waals surface area contributed by atoms with E-state index in [9.17, 15) is 18.8 Å². The molecule has 0 atom stereocenters. The monoisotopic (exact) mass is 501 g/mol. The molecule has 3 heterocycles.